The van der Waals surface area contributed by atoms with Crippen LogP contribution < -0.4 is 5.32 Å². The summed E-state index contributed by atoms with van der Waals surface area (Å²) in [7, 11) is 1.53. The molecule has 0 atom stereocenters. The molecule has 0 unspecified atom stereocenters. The van der Waals surface area contributed by atoms with E-state index in [1.165, 1.54) is 25.4 Å². The number of hydrogen-bond donors (Lipinski definition) is 1. The first-order valence-electron chi connectivity index (χ1n) is 4.38. The van der Waals surface area contributed by atoms with Crippen LogP contribution in [0, 0.1) is 0 Å². The van der Waals surface area contributed by atoms with E-state index in [4.69, 9.17) is 4.74 Å². The first-order chi connectivity index (χ1) is 7.13. The number of aromatic nitrogens is 1. The summed E-state index contributed by atoms with van der Waals surface area (Å²) in [5, 5.41) is 4.65. The quantitative estimate of drug-likeness (QED) is 0.772. The van der Waals surface area contributed by atoms with Gasteiger partial charge in [0.2, 0.25) is 5.91 Å². The Hall–Kier alpha value is -1.27. The molecule has 0 saturated carbocycles. The average Bonchev–Trinajstić information content (AvgIpc) is 2.63. The van der Waals surface area contributed by atoms with E-state index >= 15 is 0 Å². The summed E-state index contributed by atoms with van der Waals surface area (Å²) in [6.07, 6.45) is 0.283. The van der Waals surface area contributed by atoms with Crippen molar-refractivity contribution in [1.29, 1.82) is 0 Å². The first kappa shape index (κ1) is 11.8. The van der Waals surface area contributed by atoms with Crippen molar-refractivity contribution < 1.29 is 14.3 Å². The molecule has 0 aliphatic rings. The number of nitrogens with one attached hydrogen (secondary N) is 1. The Kier molecular flexibility index (Phi) is 4.38. The fourth-order valence-electron chi connectivity index (χ4n) is 0.869. The molecule has 0 radical (unpaired) electrons. The number of rotatable bonds is 5. The van der Waals surface area contributed by atoms with E-state index in [9.17, 15) is 9.59 Å². The highest BCUT2D eigenvalue weighted by atomic mass is 32.1. The standard InChI is InChI=1S/C9H12N2O3S/c1-6(12)7-5-15-9(10-7)11-8(13)3-4-14-2/h5H,3-4H2,1-2H3,(H,10,11,13). The molecule has 0 aliphatic carbocycles. The zero-order valence-corrected chi connectivity index (χ0v) is 9.39. The predicted molar refractivity (Wildman–Crippen MR) is 57.2 cm³/mol. The molecule has 6 heteroatoms. The Morgan fingerprint density at radius 3 is 2.87 bits per heavy atom. The van der Waals surface area contributed by atoms with Gasteiger partial charge in [-0.1, -0.05) is 0 Å². The van der Waals surface area contributed by atoms with Gasteiger partial charge in [-0.15, -0.1) is 11.3 Å². The predicted octanol–water partition coefficient (Wildman–Crippen LogP) is 1.32. The van der Waals surface area contributed by atoms with E-state index in [0.717, 1.165) is 0 Å². The van der Waals surface area contributed by atoms with Gasteiger partial charge in [0.15, 0.2) is 10.9 Å². The monoisotopic (exact) mass is 228 g/mol. The van der Waals surface area contributed by atoms with Gasteiger partial charge in [0.1, 0.15) is 5.69 Å². The lowest BCUT2D eigenvalue weighted by Crippen LogP contribution is -2.13. The number of carbonyl (C=O) groups excluding carboxylic acids is 2. The molecule has 1 aromatic rings. The van der Waals surface area contributed by atoms with Gasteiger partial charge in [0.05, 0.1) is 13.0 Å². The minimum Gasteiger partial charge on any atom is -0.384 e. The molecule has 1 heterocycles. The number of carbonyl (C=O) groups is 2. The Balaban J connectivity index is 2.50. The van der Waals surface area contributed by atoms with Crippen molar-refractivity contribution >= 4 is 28.2 Å². The zero-order valence-electron chi connectivity index (χ0n) is 8.57. The van der Waals surface area contributed by atoms with E-state index in [-0.39, 0.29) is 18.1 Å². The minimum absolute atomic E-state index is 0.108. The second-order valence-electron chi connectivity index (χ2n) is 2.89. The van der Waals surface area contributed by atoms with E-state index < -0.39 is 0 Å². The smallest absolute Gasteiger partial charge is 0.228 e. The molecular weight excluding hydrogens is 216 g/mol. The number of nitrogens with zero attached hydrogens (tertiary/aromatic N) is 1. The second-order valence-corrected chi connectivity index (χ2v) is 3.74. The molecule has 1 rings (SSSR count). The maximum atomic E-state index is 11.2. The highest BCUT2D eigenvalue weighted by Crippen LogP contribution is 2.15. The van der Waals surface area contributed by atoms with Gasteiger partial charge in [-0.25, -0.2) is 4.98 Å². The van der Waals surface area contributed by atoms with Gasteiger partial charge in [-0.05, 0) is 0 Å². The summed E-state index contributed by atoms with van der Waals surface area (Å²) in [5.41, 5.74) is 0.377. The van der Waals surface area contributed by atoms with Gasteiger partial charge < -0.3 is 10.1 Å². The van der Waals surface area contributed by atoms with Crippen LogP contribution in [0.1, 0.15) is 23.8 Å². The molecule has 0 fully saturated rings. The summed E-state index contributed by atoms with van der Waals surface area (Å²) >= 11 is 1.23. The van der Waals surface area contributed by atoms with Gasteiger partial charge in [-0.3, -0.25) is 9.59 Å². The number of hydrogen-bond acceptors (Lipinski definition) is 5. The third kappa shape index (κ3) is 3.77. The van der Waals surface area contributed by atoms with Crippen LogP contribution in [0.15, 0.2) is 5.38 Å². The molecule has 0 aliphatic heterocycles. The summed E-state index contributed by atoms with van der Waals surface area (Å²) in [6, 6.07) is 0. The summed E-state index contributed by atoms with van der Waals surface area (Å²) in [4.78, 5) is 26.1. The Labute approximate surface area is 91.5 Å². The van der Waals surface area contributed by atoms with Crippen LogP contribution in [-0.2, 0) is 9.53 Å². The summed E-state index contributed by atoms with van der Waals surface area (Å²) in [6.45, 7) is 1.81. The molecule has 0 aromatic carbocycles. The van der Waals surface area contributed by atoms with E-state index in [1.54, 1.807) is 5.38 Å². The topological polar surface area (TPSA) is 68.3 Å². The lowest BCUT2D eigenvalue weighted by molar-refractivity contribution is -0.117. The van der Waals surface area contributed by atoms with Gasteiger partial charge in [-0.2, -0.15) is 0 Å². The third-order valence-electron chi connectivity index (χ3n) is 1.64. The Morgan fingerprint density at radius 1 is 1.60 bits per heavy atom. The number of anilines is 1. The van der Waals surface area contributed by atoms with Crippen LogP contribution in [0.5, 0.6) is 0 Å². The molecule has 5 nitrogen and oxygen atoms in total. The number of thiazole rings is 1. The Morgan fingerprint density at radius 2 is 2.33 bits per heavy atom. The normalized spacial score (nSPS) is 10.0. The molecule has 0 spiro atoms. The van der Waals surface area contributed by atoms with Crippen LogP contribution in [-0.4, -0.2) is 30.4 Å². The number of methoxy groups -OCH3 is 1. The van der Waals surface area contributed by atoms with Crippen LogP contribution in [0.4, 0.5) is 5.13 Å². The lowest BCUT2D eigenvalue weighted by atomic mass is 10.4. The van der Waals surface area contributed by atoms with Crippen molar-refractivity contribution in [2.45, 2.75) is 13.3 Å². The molecule has 1 N–H and O–H groups in total. The first-order valence-corrected chi connectivity index (χ1v) is 5.26. The highest BCUT2D eigenvalue weighted by molar-refractivity contribution is 7.14. The van der Waals surface area contributed by atoms with Gasteiger partial charge >= 0.3 is 0 Å². The van der Waals surface area contributed by atoms with Crippen LogP contribution in [0.25, 0.3) is 0 Å². The summed E-state index contributed by atoms with van der Waals surface area (Å²) < 4.78 is 4.76. The van der Waals surface area contributed by atoms with Crippen molar-refractivity contribution in [2.75, 3.05) is 19.0 Å². The molecule has 82 valence electrons. The molecule has 15 heavy (non-hydrogen) atoms. The fraction of sp³-hybridized carbons (Fsp3) is 0.444. The van der Waals surface area contributed by atoms with Gasteiger partial charge in [0.25, 0.3) is 0 Å². The SMILES string of the molecule is COCCC(=O)Nc1nc(C(C)=O)cs1. The average molecular weight is 228 g/mol. The highest BCUT2D eigenvalue weighted by Gasteiger charge is 2.08. The summed E-state index contributed by atoms with van der Waals surface area (Å²) in [5.74, 6) is -0.273. The van der Waals surface area contributed by atoms with Crippen molar-refractivity contribution in [1.82, 2.24) is 4.98 Å². The molecule has 0 bridgehead atoms. The van der Waals surface area contributed by atoms with E-state index in [2.05, 4.69) is 10.3 Å². The van der Waals surface area contributed by atoms with Crippen molar-refractivity contribution in [3.8, 4) is 0 Å². The van der Waals surface area contributed by atoms with Crippen LogP contribution in [0.2, 0.25) is 0 Å². The zero-order chi connectivity index (χ0) is 11.3. The number of Topliss-reactive ketones (excluding diaryl/α,β-unsaturated/α-hetero) is 1. The largest absolute Gasteiger partial charge is 0.384 e. The molecular formula is C9H12N2O3S. The van der Waals surface area contributed by atoms with Crippen LogP contribution in [0.3, 0.4) is 0 Å². The molecule has 1 amide bonds. The molecule has 0 saturated heterocycles. The van der Waals surface area contributed by atoms with Crippen molar-refractivity contribution in [3.63, 3.8) is 0 Å². The minimum atomic E-state index is -0.165. The van der Waals surface area contributed by atoms with Gasteiger partial charge in [0, 0.05) is 19.4 Å². The van der Waals surface area contributed by atoms with Crippen molar-refractivity contribution in [3.05, 3.63) is 11.1 Å². The van der Waals surface area contributed by atoms with Crippen molar-refractivity contribution in [2.24, 2.45) is 0 Å². The maximum Gasteiger partial charge on any atom is 0.228 e. The molecule has 1 aromatic heterocycles. The second kappa shape index (κ2) is 5.57. The third-order valence-corrected chi connectivity index (χ3v) is 2.40. The number of ether oxygens (including phenoxy) is 1. The van der Waals surface area contributed by atoms with Crippen LogP contribution >= 0.6 is 11.3 Å². The van der Waals surface area contributed by atoms with E-state index in [0.29, 0.717) is 17.4 Å². The lowest BCUT2D eigenvalue weighted by Gasteiger charge is -1.99. The number of amides is 1. The number of ketones is 1. The Bertz CT molecular complexity index is 362. The maximum absolute atomic E-state index is 11.2. The van der Waals surface area contributed by atoms with E-state index in [1.807, 2.05) is 0 Å². The fourth-order valence-corrected chi connectivity index (χ4v) is 1.64.